The molecule has 5 rings (SSSR count). The van der Waals surface area contributed by atoms with E-state index in [1.54, 1.807) is 12.4 Å². The third-order valence-corrected chi connectivity index (χ3v) is 6.71. The van der Waals surface area contributed by atoms with Crippen molar-refractivity contribution in [3.05, 3.63) is 96.3 Å². The predicted molar refractivity (Wildman–Crippen MR) is 121 cm³/mol. The van der Waals surface area contributed by atoms with Gasteiger partial charge in [0.25, 0.3) is 0 Å². The van der Waals surface area contributed by atoms with Gasteiger partial charge in [-0.15, -0.1) is 0 Å². The number of carbonyl (C=O) groups excluding carboxylic acids is 1. The fraction of sp³-hybridized carbons (Fsp3) is 0.333. The summed E-state index contributed by atoms with van der Waals surface area (Å²) in [7, 11) is 0. The SMILES string of the molecule is O=C(CC(c1ccccc1)c1ccccc1)N1C2CCC1CC(Oc1ccncc1)C2. The first-order valence-corrected chi connectivity index (χ1v) is 11.3. The van der Waals surface area contributed by atoms with E-state index in [9.17, 15) is 4.79 Å². The smallest absolute Gasteiger partial charge is 0.224 e. The molecule has 2 fully saturated rings. The molecular formula is C27H28N2O2. The van der Waals surface area contributed by atoms with Crippen LogP contribution in [0.15, 0.2) is 85.2 Å². The summed E-state index contributed by atoms with van der Waals surface area (Å²) in [5, 5.41) is 0. The Balaban J connectivity index is 1.31. The maximum absolute atomic E-state index is 13.6. The zero-order valence-corrected chi connectivity index (χ0v) is 17.6. The molecular weight excluding hydrogens is 384 g/mol. The van der Waals surface area contributed by atoms with Crippen molar-refractivity contribution in [3.63, 3.8) is 0 Å². The van der Waals surface area contributed by atoms with E-state index >= 15 is 0 Å². The monoisotopic (exact) mass is 412 g/mol. The molecule has 0 N–H and O–H groups in total. The number of fused-ring (bicyclic) bond motifs is 2. The fourth-order valence-electron chi connectivity index (χ4n) is 5.32. The van der Waals surface area contributed by atoms with E-state index in [-0.39, 0.29) is 30.0 Å². The highest BCUT2D eigenvalue weighted by molar-refractivity contribution is 5.79. The van der Waals surface area contributed by atoms with Gasteiger partial charge in [-0.1, -0.05) is 60.7 Å². The highest BCUT2D eigenvalue weighted by Gasteiger charge is 2.44. The highest BCUT2D eigenvalue weighted by atomic mass is 16.5. The Morgan fingerprint density at radius 2 is 1.42 bits per heavy atom. The Labute approximate surface area is 183 Å². The maximum atomic E-state index is 13.6. The Bertz CT molecular complexity index is 940. The van der Waals surface area contributed by atoms with Gasteiger partial charge in [-0.2, -0.15) is 0 Å². The van der Waals surface area contributed by atoms with Crippen molar-refractivity contribution in [1.29, 1.82) is 0 Å². The molecule has 0 radical (unpaired) electrons. The van der Waals surface area contributed by atoms with E-state index in [0.29, 0.717) is 6.42 Å². The number of ether oxygens (including phenoxy) is 1. The van der Waals surface area contributed by atoms with Crippen LogP contribution in [0.3, 0.4) is 0 Å². The standard InChI is InChI=1S/C27H28N2O2/c30-27(19-26(20-7-3-1-4-8-20)21-9-5-2-6-10-21)29-22-11-12-23(29)18-25(17-22)31-24-13-15-28-16-14-24/h1-10,13-16,22-23,25-26H,11-12,17-19H2. The second-order valence-electron chi connectivity index (χ2n) is 8.66. The minimum absolute atomic E-state index is 0.0834. The molecule has 1 aromatic heterocycles. The molecule has 2 unspecified atom stereocenters. The molecule has 4 heteroatoms. The maximum Gasteiger partial charge on any atom is 0.224 e. The molecule has 31 heavy (non-hydrogen) atoms. The number of hydrogen-bond donors (Lipinski definition) is 0. The van der Waals surface area contributed by atoms with Gasteiger partial charge in [0.05, 0.1) is 0 Å². The first kappa shape index (κ1) is 19.8. The zero-order chi connectivity index (χ0) is 21.0. The lowest BCUT2D eigenvalue weighted by molar-refractivity contribution is -0.137. The number of amides is 1. The van der Waals surface area contributed by atoms with Crippen LogP contribution in [0.4, 0.5) is 0 Å². The van der Waals surface area contributed by atoms with Crippen LogP contribution in [-0.4, -0.2) is 34.0 Å². The first-order valence-electron chi connectivity index (χ1n) is 11.3. The summed E-state index contributed by atoms with van der Waals surface area (Å²) >= 11 is 0. The van der Waals surface area contributed by atoms with E-state index in [2.05, 4.69) is 58.4 Å². The van der Waals surface area contributed by atoms with Gasteiger partial charge in [0.15, 0.2) is 0 Å². The number of piperidine rings is 1. The van der Waals surface area contributed by atoms with E-state index in [4.69, 9.17) is 4.74 Å². The van der Waals surface area contributed by atoms with Crippen LogP contribution < -0.4 is 4.74 Å². The van der Waals surface area contributed by atoms with Crippen LogP contribution in [0, 0.1) is 0 Å². The number of carbonyl (C=O) groups is 1. The Morgan fingerprint density at radius 3 is 1.97 bits per heavy atom. The molecule has 2 aliphatic heterocycles. The van der Waals surface area contributed by atoms with Gasteiger partial charge in [0, 0.05) is 49.7 Å². The molecule has 0 saturated carbocycles. The van der Waals surface area contributed by atoms with Crippen molar-refractivity contribution in [2.45, 2.75) is 56.2 Å². The Kier molecular flexibility index (Phi) is 5.70. The summed E-state index contributed by atoms with van der Waals surface area (Å²) in [6, 6.07) is 25.2. The number of benzene rings is 2. The van der Waals surface area contributed by atoms with E-state index in [0.717, 1.165) is 31.4 Å². The molecule has 0 spiro atoms. The molecule has 2 aromatic carbocycles. The van der Waals surface area contributed by atoms with Crippen molar-refractivity contribution < 1.29 is 9.53 Å². The average Bonchev–Trinajstić information content (AvgIpc) is 3.10. The molecule has 2 atom stereocenters. The van der Waals surface area contributed by atoms with Crippen LogP contribution in [0.1, 0.15) is 49.1 Å². The first-order chi connectivity index (χ1) is 15.3. The molecule has 3 aromatic rings. The topological polar surface area (TPSA) is 42.4 Å². The highest BCUT2D eigenvalue weighted by Crippen LogP contribution is 2.39. The zero-order valence-electron chi connectivity index (χ0n) is 17.6. The molecule has 3 heterocycles. The van der Waals surface area contributed by atoms with E-state index in [1.807, 2.05) is 24.3 Å². The van der Waals surface area contributed by atoms with E-state index < -0.39 is 0 Å². The molecule has 1 amide bonds. The third-order valence-electron chi connectivity index (χ3n) is 6.71. The van der Waals surface area contributed by atoms with Crippen LogP contribution in [0.5, 0.6) is 5.75 Å². The van der Waals surface area contributed by atoms with Crippen LogP contribution >= 0.6 is 0 Å². The Hall–Kier alpha value is -3.14. The number of hydrogen-bond acceptors (Lipinski definition) is 3. The number of nitrogens with zero attached hydrogens (tertiary/aromatic N) is 2. The quantitative estimate of drug-likeness (QED) is 0.558. The number of aromatic nitrogens is 1. The van der Waals surface area contributed by atoms with Crippen LogP contribution in [0.2, 0.25) is 0 Å². The molecule has 2 saturated heterocycles. The number of pyridine rings is 1. The van der Waals surface area contributed by atoms with Gasteiger partial charge in [-0.3, -0.25) is 9.78 Å². The van der Waals surface area contributed by atoms with Crippen molar-refractivity contribution in [2.75, 3.05) is 0 Å². The minimum atomic E-state index is 0.0834. The largest absolute Gasteiger partial charge is 0.490 e. The normalized spacial score (nSPS) is 22.5. The average molecular weight is 413 g/mol. The van der Waals surface area contributed by atoms with E-state index in [1.165, 1.54) is 11.1 Å². The van der Waals surface area contributed by atoms with Crippen molar-refractivity contribution >= 4 is 5.91 Å². The van der Waals surface area contributed by atoms with Gasteiger partial charge >= 0.3 is 0 Å². The van der Waals surface area contributed by atoms with Crippen LogP contribution in [-0.2, 0) is 4.79 Å². The lowest BCUT2D eigenvalue weighted by atomic mass is 9.87. The molecule has 4 nitrogen and oxygen atoms in total. The summed E-state index contributed by atoms with van der Waals surface area (Å²) in [4.78, 5) is 19.8. The number of rotatable bonds is 6. The third kappa shape index (κ3) is 4.34. The molecule has 158 valence electrons. The Morgan fingerprint density at radius 1 is 0.871 bits per heavy atom. The summed E-state index contributed by atoms with van der Waals surface area (Å²) in [5.74, 6) is 1.22. The summed E-state index contributed by atoms with van der Waals surface area (Å²) < 4.78 is 6.21. The van der Waals surface area contributed by atoms with Crippen molar-refractivity contribution in [3.8, 4) is 5.75 Å². The predicted octanol–water partition coefficient (Wildman–Crippen LogP) is 5.20. The van der Waals surface area contributed by atoms with Gasteiger partial charge in [0.2, 0.25) is 5.91 Å². The molecule has 2 bridgehead atoms. The lowest BCUT2D eigenvalue weighted by Gasteiger charge is -2.39. The lowest BCUT2D eigenvalue weighted by Crippen LogP contribution is -2.49. The van der Waals surface area contributed by atoms with Gasteiger partial charge < -0.3 is 9.64 Å². The molecule has 2 aliphatic rings. The van der Waals surface area contributed by atoms with Crippen LogP contribution in [0.25, 0.3) is 0 Å². The van der Waals surface area contributed by atoms with Gasteiger partial charge in [0.1, 0.15) is 11.9 Å². The van der Waals surface area contributed by atoms with Crippen molar-refractivity contribution in [1.82, 2.24) is 9.88 Å². The van der Waals surface area contributed by atoms with Gasteiger partial charge in [-0.25, -0.2) is 0 Å². The van der Waals surface area contributed by atoms with Crippen molar-refractivity contribution in [2.24, 2.45) is 0 Å². The second-order valence-corrected chi connectivity index (χ2v) is 8.66. The van der Waals surface area contributed by atoms with Gasteiger partial charge in [-0.05, 0) is 36.1 Å². The summed E-state index contributed by atoms with van der Waals surface area (Å²) in [6.45, 7) is 0. The summed E-state index contributed by atoms with van der Waals surface area (Å²) in [6.07, 6.45) is 8.17. The fourth-order valence-corrected chi connectivity index (χ4v) is 5.32. The second kappa shape index (κ2) is 8.93. The minimum Gasteiger partial charge on any atom is -0.490 e. The summed E-state index contributed by atoms with van der Waals surface area (Å²) in [5.41, 5.74) is 2.40. The molecule has 0 aliphatic carbocycles.